The molecular formula is C12H16N2O2. The first kappa shape index (κ1) is 11.1. The summed E-state index contributed by atoms with van der Waals surface area (Å²) in [4.78, 5) is 17.0. The highest BCUT2D eigenvalue weighted by Crippen LogP contribution is 2.21. The fourth-order valence-electron chi connectivity index (χ4n) is 1.87. The van der Waals surface area contributed by atoms with E-state index in [0.29, 0.717) is 12.2 Å². The molecule has 0 unspecified atom stereocenters. The number of ether oxygens (including phenoxy) is 1. The Morgan fingerprint density at radius 3 is 2.88 bits per heavy atom. The number of nitrogens with zero attached hydrogens (tertiary/aromatic N) is 2. The van der Waals surface area contributed by atoms with Crippen LogP contribution in [-0.4, -0.2) is 36.6 Å². The minimum atomic E-state index is -0.136. The zero-order chi connectivity index (χ0) is 11.6. The number of aromatic nitrogens is 1. The molecule has 1 fully saturated rings. The van der Waals surface area contributed by atoms with Crippen LogP contribution in [-0.2, 0) is 4.74 Å². The molecule has 1 aromatic rings. The van der Waals surface area contributed by atoms with E-state index in [1.54, 1.807) is 12.3 Å². The molecule has 1 saturated heterocycles. The fraction of sp³-hybridized carbons (Fsp3) is 0.500. The van der Waals surface area contributed by atoms with Crippen LogP contribution in [0.5, 0.6) is 0 Å². The van der Waals surface area contributed by atoms with E-state index >= 15 is 0 Å². The van der Waals surface area contributed by atoms with E-state index in [1.807, 2.05) is 6.07 Å². The van der Waals surface area contributed by atoms with Gasteiger partial charge in [0.1, 0.15) is 5.82 Å². The predicted molar refractivity (Wildman–Crippen MR) is 61.9 cm³/mol. The van der Waals surface area contributed by atoms with Crippen LogP contribution in [0, 0.1) is 0 Å². The molecule has 0 bridgehead atoms. The number of aldehydes is 1. The Balaban J connectivity index is 2.14. The molecule has 0 atom stereocenters. The van der Waals surface area contributed by atoms with Crippen LogP contribution in [0.25, 0.3) is 0 Å². The maximum absolute atomic E-state index is 10.5. The molecule has 0 spiro atoms. The van der Waals surface area contributed by atoms with Crippen LogP contribution >= 0.6 is 0 Å². The van der Waals surface area contributed by atoms with Gasteiger partial charge >= 0.3 is 0 Å². The number of hydrogen-bond donors (Lipinski definition) is 0. The highest BCUT2D eigenvalue weighted by Gasteiger charge is 2.27. The van der Waals surface area contributed by atoms with E-state index in [9.17, 15) is 4.79 Å². The molecule has 1 aliphatic rings. The van der Waals surface area contributed by atoms with E-state index in [4.69, 9.17) is 4.74 Å². The number of pyridine rings is 1. The van der Waals surface area contributed by atoms with E-state index in [2.05, 4.69) is 23.7 Å². The number of morpholine rings is 1. The summed E-state index contributed by atoms with van der Waals surface area (Å²) in [6, 6.07) is 3.67. The van der Waals surface area contributed by atoms with E-state index in [1.165, 1.54) is 0 Å². The van der Waals surface area contributed by atoms with Gasteiger partial charge in [-0.25, -0.2) is 4.98 Å². The summed E-state index contributed by atoms with van der Waals surface area (Å²) >= 11 is 0. The van der Waals surface area contributed by atoms with Gasteiger partial charge in [0, 0.05) is 24.8 Å². The molecule has 0 saturated carbocycles. The van der Waals surface area contributed by atoms with Crippen molar-refractivity contribution >= 4 is 12.1 Å². The molecule has 16 heavy (non-hydrogen) atoms. The highest BCUT2D eigenvalue weighted by atomic mass is 16.5. The smallest absolute Gasteiger partial charge is 0.151 e. The average Bonchev–Trinajstić information content (AvgIpc) is 2.28. The summed E-state index contributed by atoms with van der Waals surface area (Å²) in [5.41, 5.74) is 0.472. The first-order valence-corrected chi connectivity index (χ1v) is 5.41. The zero-order valence-corrected chi connectivity index (χ0v) is 9.64. The molecular weight excluding hydrogens is 204 g/mol. The van der Waals surface area contributed by atoms with Crippen molar-refractivity contribution in [3.8, 4) is 0 Å². The van der Waals surface area contributed by atoms with Crippen LogP contribution in [0.1, 0.15) is 24.2 Å². The molecule has 1 aromatic heterocycles. The second kappa shape index (κ2) is 4.22. The standard InChI is InChI=1S/C12H16N2O2/c1-12(2)9-14(5-6-16-12)11-4-3-10(8-15)7-13-11/h3-4,7-8H,5-6,9H2,1-2H3. The number of carbonyl (C=O) groups is 1. The van der Waals surface area contributed by atoms with Crippen molar-refractivity contribution in [1.82, 2.24) is 4.98 Å². The third kappa shape index (κ3) is 2.39. The Morgan fingerprint density at radius 1 is 1.50 bits per heavy atom. The Bertz CT molecular complexity index is 373. The van der Waals surface area contributed by atoms with Crippen LogP contribution in [0.3, 0.4) is 0 Å². The molecule has 0 aliphatic carbocycles. The van der Waals surface area contributed by atoms with Crippen LogP contribution in [0.2, 0.25) is 0 Å². The lowest BCUT2D eigenvalue weighted by Crippen LogP contribution is -2.48. The Labute approximate surface area is 95.2 Å². The maximum atomic E-state index is 10.5. The van der Waals surface area contributed by atoms with Crippen molar-refractivity contribution < 1.29 is 9.53 Å². The minimum absolute atomic E-state index is 0.136. The fourth-order valence-corrected chi connectivity index (χ4v) is 1.87. The van der Waals surface area contributed by atoms with Gasteiger partial charge in [-0.2, -0.15) is 0 Å². The predicted octanol–water partition coefficient (Wildman–Crippen LogP) is 1.51. The molecule has 0 amide bonds. The van der Waals surface area contributed by atoms with Crippen molar-refractivity contribution in [2.24, 2.45) is 0 Å². The summed E-state index contributed by atoms with van der Waals surface area (Å²) in [6.45, 7) is 6.51. The largest absolute Gasteiger partial charge is 0.372 e. The molecule has 4 heteroatoms. The number of rotatable bonds is 2. The van der Waals surface area contributed by atoms with Gasteiger partial charge in [-0.05, 0) is 26.0 Å². The van der Waals surface area contributed by atoms with Crippen molar-refractivity contribution in [3.05, 3.63) is 23.9 Å². The second-order valence-corrected chi connectivity index (χ2v) is 4.60. The number of hydrogen-bond acceptors (Lipinski definition) is 4. The minimum Gasteiger partial charge on any atom is -0.372 e. The van der Waals surface area contributed by atoms with Crippen LogP contribution in [0.4, 0.5) is 5.82 Å². The lowest BCUT2D eigenvalue weighted by Gasteiger charge is -2.38. The van der Waals surface area contributed by atoms with Crippen molar-refractivity contribution in [2.45, 2.75) is 19.4 Å². The van der Waals surface area contributed by atoms with Gasteiger partial charge < -0.3 is 9.64 Å². The van der Waals surface area contributed by atoms with Gasteiger partial charge in [-0.15, -0.1) is 0 Å². The van der Waals surface area contributed by atoms with E-state index in [0.717, 1.165) is 25.2 Å². The molecule has 0 aromatic carbocycles. The molecule has 0 N–H and O–H groups in total. The Morgan fingerprint density at radius 2 is 2.31 bits per heavy atom. The monoisotopic (exact) mass is 220 g/mol. The first-order valence-electron chi connectivity index (χ1n) is 5.41. The lowest BCUT2D eigenvalue weighted by atomic mass is 10.1. The van der Waals surface area contributed by atoms with Crippen molar-refractivity contribution in [2.75, 3.05) is 24.6 Å². The first-order chi connectivity index (χ1) is 7.61. The Hall–Kier alpha value is -1.42. The third-order valence-corrected chi connectivity index (χ3v) is 2.66. The summed E-state index contributed by atoms with van der Waals surface area (Å²) in [6.07, 6.45) is 2.41. The van der Waals surface area contributed by atoms with Gasteiger partial charge in [-0.1, -0.05) is 0 Å². The number of carbonyl (C=O) groups excluding carboxylic acids is 1. The third-order valence-electron chi connectivity index (χ3n) is 2.66. The van der Waals surface area contributed by atoms with E-state index in [-0.39, 0.29) is 5.60 Å². The summed E-state index contributed by atoms with van der Waals surface area (Å²) in [7, 11) is 0. The Kier molecular flexibility index (Phi) is 2.92. The average molecular weight is 220 g/mol. The number of anilines is 1. The topological polar surface area (TPSA) is 42.4 Å². The molecule has 0 radical (unpaired) electrons. The van der Waals surface area contributed by atoms with Gasteiger partial charge in [0.15, 0.2) is 6.29 Å². The van der Waals surface area contributed by atoms with Gasteiger partial charge in [0.25, 0.3) is 0 Å². The summed E-state index contributed by atoms with van der Waals surface area (Å²) in [5, 5.41) is 0. The summed E-state index contributed by atoms with van der Waals surface area (Å²) in [5.74, 6) is 0.905. The van der Waals surface area contributed by atoms with Gasteiger partial charge in [-0.3, -0.25) is 4.79 Å². The van der Waals surface area contributed by atoms with Gasteiger partial charge in [0.2, 0.25) is 0 Å². The van der Waals surface area contributed by atoms with E-state index < -0.39 is 0 Å². The molecule has 2 heterocycles. The SMILES string of the molecule is CC1(C)CN(c2ccc(C=O)cn2)CCO1. The van der Waals surface area contributed by atoms with Crippen LogP contribution < -0.4 is 4.90 Å². The summed E-state index contributed by atoms with van der Waals surface area (Å²) < 4.78 is 5.64. The lowest BCUT2D eigenvalue weighted by molar-refractivity contribution is -0.0279. The van der Waals surface area contributed by atoms with Crippen molar-refractivity contribution in [3.63, 3.8) is 0 Å². The molecule has 86 valence electrons. The van der Waals surface area contributed by atoms with Crippen molar-refractivity contribution in [1.29, 1.82) is 0 Å². The normalized spacial score (nSPS) is 19.5. The molecule has 4 nitrogen and oxygen atoms in total. The second-order valence-electron chi connectivity index (χ2n) is 4.60. The maximum Gasteiger partial charge on any atom is 0.151 e. The molecule has 1 aliphatic heterocycles. The highest BCUT2D eigenvalue weighted by molar-refractivity contribution is 5.74. The quantitative estimate of drug-likeness (QED) is 0.708. The zero-order valence-electron chi connectivity index (χ0n) is 9.64. The van der Waals surface area contributed by atoms with Crippen LogP contribution in [0.15, 0.2) is 18.3 Å². The van der Waals surface area contributed by atoms with Gasteiger partial charge in [0.05, 0.1) is 12.2 Å². The molecule has 2 rings (SSSR count).